The van der Waals surface area contributed by atoms with Crippen molar-refractivity contribution in [2.45, 2.75) is 17.2 Å². The molecule has 0 aliphatic heterocycles. The number of sulfone groups is 1. The van der Waals surface area contributed by atoms with Gasteiger partial charge in [-0.25, -0.2) is 13.4 Å². The Bertz CT molecular complexity index is 1310. The monoisotopic (exact) mass is 419 g/mol. The lowest BCUT2D eigenvalue weighted by Crippen LogP contribution is -2.24. The molecule has 0 bridgehead atoms. The molecule has 0 radical (unpaired) electrons. The van der Waals surface area contributed by atoms with E-state index in [0.717, 1.165) is 16.9 Å². The molecule has 0 saturated heterocycles. The molecule has 0 aliphatic carbocycles. The number of nitrogens with zero attached hydrogens (tertiary/aromatic N) is 2. The zero-order chi connectivity index (χ0) is 21.1. The van der Waals surface area contributed by atoms with E-state index in [1.165, 1.54) is 0 Å². The first-order chi connectivity index (χ1) is 14.4. The molecule has 1 N–H and O–H groups in total. The van der Waals surface area contributed by atoms with Gasteiger partial charge in [0.2, 0.25) is 0 Å². The molecule has 4 rings (SSSR count). The maximum absolute atomic E-state index is 12.6. The van der Waals surface area contributed by atoms with Crippen molar-refractivity contribution in [3.63, 3.8) is 0 Å². The molecule has 3 aromatic carbocycles. The van der Waals surface area contributed by atoms with Crippen LogP contribution >= 0.6 is 0 Å². The van der Waals surface area contributed by atoms with Gasteiger partial charge in [0.15, 0.2) is 9.84 Å². The Morgan fingerprint density at radius 2 is 1.70 bits per heavy atom. The van der Waals surface area contributed by atoms with Gasteiger partial charge in [-0.1, -0.05) is 42.5 Å². The number of carbonyl (C=O) groups excluding carboxylic acids is 1. The van der Waals surface area contributed by atoms with Crippen LogP contribution < -0.4 is 5.32 Å². The number of benzene rings is 3. The molecular weight excluding hydrogens is 398 g/mol. The Hall–Kier alpha value is -3.45. The molecule has 0 saturated carbocycles. The average molecular weight is 420 g/mol. The molecule has 1 aromatic heterocycles. The molecule has 152 valence electrons. The highest BCUT2D eigenvalue weighted by Crippen LogP contribution is 2.17. The van der Waals surface area contributed by atoms with E-state index in [9.17, 15) is 13.2 Å². The van der Waals surface area contributed by atoms with E-state index in [4.69, 9.17) is 0 Å². The van der Waals surface area contributed by atoms with Crippen molar-refractivity contribution in [1.82, 2.24) is 14.9 Å². The largest absolute Gasteiger partial charge is 0.345 e. The fourth-order valence-electron chi connectivity index (χ4n) is 3.35. The summed E-state index contributed by atoms with van der Waals surface area (Å²) >= 11 is 0. The van der Waals surface area contributed by atoms with Crippen molar-refractivity contribution in [1.29, 1.82) is 0 Å². The summed E-state index contributed by atoms with van der Waals surface area (Å²) in [5.74, 6) is 0.302. The van der Waals surface area contributed by atoms with Crippen molar-refractivity contribution in [2.75, 3.05) is 0 Å². The maximum Gasteiger partial charge on any atom is 0.251 e. The van der Waals surface area contributed by atoms with Crippen LogP contribution in [-0.4, -0.2) is 23.9 Å². The lowest BCUT2D eigenvalue weighted by Gasteiger charge is -2.08. The number of hydrogen-bond acceptors (Lipinski definition) is 4. The van der Waals surface area contributed by atoms with Gasteiger partial charge in [-0.2, -0.15) is 0 Å². The molecule has 0 atom stereocenters. The van der Waals surface area contributed by atoms with Gasteiger partial charge in [0.1, 0.15) is 5.82 Å². The molecule has 4 aromatic rings. The first-order valence-electron chi connectivity index (χ1n) is 9.49. The fourth-order valence-corrected chi connectivity index (χ4v) is 4.70. The average Bonchev–Trinajstić information content (AvgIpc) is 3.08. The summed E-state index contributed by atoms with van der Waals surface area (Å²) in [6, 6.07) is 22.8. The van der Waals surface area contributed by atoms with Crippen LogP contribution in [0, 0.1) is 0 Å². The summed E-state index contributed by atoms with van der Waals surface area (Å²) in [7, 11) is -1.57. The van der Waals surface area contributed by atoms with Crippen LogP contribution in [0.2, 0.25) is 0 Å². The highest BCUT2D eigenvalue weighted by molar-refractivity contribution is 7.90. The number of fused-ring (bicyclic) bond motifs is 1. The van der Waals surface area contributed by atoms with E-state index >= 15 is 0 Å². The minimum absolute atomic E-state index is 0.164. The first-order valence-corrected chi connectivity index (χ1v) is 11.1. The topological polar surface area (TPSA) is 81.1 Å². The van der Waals surface area contributed by atoms with Crippen LogP contribution in [0.1, 0.15) is 21.7 Å². The SMILES string of the molecule is Cn1c(CNC(=O)c2cccc(CS(=O)(=O)c3ccccc3)c2)nc2ccccc21. The van der Waals surface area contributed by atoms with Gasteiger partial charge in [-0.3, -0.25) is 4.79 Å². The number of para-hydroxylation sites is 2. The number of amides is 1. The van der Waals surface area contributed by atoms with Crippen molar-refractivity contribution in [3.05, 3.63) is 95.8 Å². The van der Waals surface area contributed by atoms with Gasteiger partial charge in [-0.15, -0.1) is 0 Å². The third kappa shape index (κ3) is 4.11. The van der Waals surface area contributed by atoms with Gasteiger partial charge in [0.05, 0.1) is 28.2 Å². The van der Waals surface area contributed by atoms with Crippen LogP contribution in [0.25, 0.3) is 11.0 Å². The summed E-state index contributed by atoms with van der Waals surface area (Å²) in [5.41, 5.74) is 2.84. The molecule has 1 amide bonds. The van der Waals surface area contributed by atoms with E-state index in [1.807, 2.05) is 35.9 Å². The Morgan fingerprint density at radius 1 is 0.967 bits per heavy atom. The summed E-state index contributed by atoms with van der Waals surface area (Å²) in [5, 5.41) is 2.87. The van der Waals surface area contributed by atoms with Crippen LogP contribution in [0.3, 0.4) is 0 Å². The predicted octanol–water partition coefficient (Wildman–Crippen LogP) is 3.48. The predicted molar refractivity (Wildman–Crippen MR) is 116 cm³/mol. The Kier molecular flexibility index (Phi) is 5.37. The Labute approximate surface area is 175 Å². The zero-order valence-electron chi connectivity index (χ0n) is 16.4. The van der Waals surface area contributed by atoms with E-state index in [2.05, 4.69) is 10.3 Å². The van der Waals surface area contributed by atoms with Crippen LogP contribution in [0.4, 0.5) is 0 Å². The van der Waals surface area contributed by atoms with Crippen LogP contribution in [-0.2, 0) is 29.2 Å². The second-order valence-electron chi connectivity index (χ2n) is 7.03. The van der Waals surface area contributed by atoms with Crippen molar-refractivity contribution < 1.29 is 13.2 Å². The highest BCUT2D eigenvalue weighted by atomic mass is 32.2. The third-order valence-electron chi connectivity index (χ3n) is 4.94. The fraction of sp³-hybridized carbons (Fsp3) is 0.130. The molecule has 1 heterocycles. The lowest BCUT2D eigenvalue weighted by molar-refractivity contribution is 0.0949. The Morgan fingerprint density at radius 3 is 2.47 bits per heavy atom. The van der Waals surface area contributed by atoms with E-state index in [1.54, 1.807) is 54.6 Å². The summed E-state index contributed by atoms with van der Waals surface area (Å²) in [6.45, 7) is 0.274. The zero-order valence-corrected chi connectivity index (χ0v) is 17.3. The number of nitrogens with one attached hydrogen (secondary N) is 1. The van der Waals surface area contributed by atoms with Gasteiger partial charge in [0.25, 0.3) is 5.91 Å². The minimum atomic E-state index is -3.48. The molecule has 0 spiro atoms. The number of rotatable bonds is 6. The first kappa shape index (κ1) is 19.8. The molecule has 30 heavy (non-hydrogen) atoms. The maximum atomic E-state index is 12.6. The molecule has 0 fully saturated rings. The second-order valence-corrected chi connectivity index (χ2v) is 9.02. The smallest absolute Gasteiger partial charge is 0.251 e. The summed E-state index contributed by atoms with van der Waals surface area (Å²) in [4.78, 5) is 17.4. The highest BCUT2D eigenvalue weighted by Gasteiger charge is 2.16. The second kappa shape index (κ2) is 8.12. The van der Waals surface area contributed by atoms with E-state index < -0.39 is 9.84 Å². The van der Waals surface area contributed by atoms with Gasteiger partial charge in [-0.05, 0) is 42.0 Å². The number of aryl methyl sites for hydroxylation is 1. The molecule has 6 nitrogen and oxygen atoms in total. The van der Waals surface area contributed by atoms with Gasteiger partial charge in [0, 0.05) is 12.6 Å². The molecular formula is C23H21N3O3S. The third-order valence-corrected chi connectivity index (χ3v) is 6.64. The van der Waals surface area contributed by atoms with Crippen LogP contribution in [0.5, 0.6) is 0 Å². The van der Waals surface area contributed by atoms with Crippen molar-refractivity contribution >= 4 is 26.8 Å². The normalized spacial score (nSPS) is 11.5. The van der Waals surface area contributed by atoms with Crippen molar-refractivity contribution in [2.24, 2.45) is 7.05 Å². The minimum Gasteiger partial charge on any atom is -0.345 e. The molecule has 0 aliphatic rings. The molecule has 0 unspecified atom stereocenters. The van der Waals surface area contributed by atoms with Gasteiger partial charge >= 0.3 is 0 Å². The Balaban J connectivity index is 1.48. The number of aromatic nitrogens is 2. The standard InChI is InChI=1S/C23H21N3O3S/c1-26-21-13-6-5-12-20(21)25-22(26)15-24-23(27)18-9-7-8-17(14-18)16-30(28,29)19-10-3-2-4-11-19/h2-14H,15-16H2,1H3,(H,24,27). The number of carbonyl (C=O) groups is 1. The number of hydrogen-bond donors (Lipinski definition) is 1. The van der Waals surface area contributed by atoms with E-state index in [-0.39, 0.29) is 23.1 Å². The quantitative estimate of drug-likeness (QED) is 0.519. The van der Waals surface area contributed by atoms with E-state index in [0.29, 0.717) is 11.1 Å². The summed E-state index contributed by atoms with van der Waals surface area (Å²) in [6.07, 6.45) is 0. The lowest BCUT2D eigenvalue weighted by atomic mass is 10.1. The van der Waals surface area contributed by atoms with Crippen molar-refractivity contribution in [3.8, 4) is 0 Å². The van der Waals surface area contributed by atoms with Crippen LogP contribution in [0.15, 0.2) is 83.8 Å². The van der Waals surface area contributed by atoms with Gasteiger partial charge < -0.3 is 9.88 Å². The summed E-state index contributed by atoms with van der Waals surface area (Å²) < 4.78 is 27.2. The molecule has 7 heteroatoms. The number of imidazole rings is 1.